The van der Waals surface area contributed by atoms with E-state index in [1.165, 1.54) is 41.4 Å². The summed E-state index contributed by atoms with van der Waals surface area (Å²) in [6.07, 6.45) is 2.75. The van der Waals surface area contributed by atoms with E-state index in [1.807, 2.05) is 38.1 Å². The van der Waals surface area contributed by atoms with Crippen LogP contribution in [0.1, 0.15) is 34.6 Å². The number of hydrogen-bond acceptors (Lipinski definition) is 4. The molecular weight excluding hydrogens is 361 g/mol. The van der Waals surface area contributed by atoms with Gasteiger partial charge in [0.25, 0.3) is 5.91 Å². The quantitative estimate of drug-likeness (QED) is 0.665. The van der Waals surface area contributed by atoms with Crippen LogP contribution in [0, 0.1) is 12.7 Å². The van der Waals surface area contributed by atoms with Crippen LogP contribution in [0.3, 0.4) is 0 Å². The number of benzene rings is 2. The predicted molar refractivity (Wildman–Crippen MR) is 102 cm³/mol. The lowest BCUT2D eigenvalue weighted by molar-refractivity contribution is -0.124. The van der Waals surface area contributed by atoms with Crippen LogP contribution >= 0.6 is 0 Å². The fourth-order valence-electron chi connectivity index (χ4n) is 2.89. The summed E-state index contributed by atoms with van der Waals surface area (Å²) in [5, 5.41) is 2.81. The highest BCUT2D eigenvalue weighted by Gasteiger charge is 2.17. The van der Waals surface area contributed by atoms with Crippen LogP contribution in [-0.2, 0) is 9.53 Å². The Kier molecular flexibility index (Phi) is 5.84. The number of hydrogen-bond donors (Lipinski definition) is 1. The maximum atomic E-state index is 13.1. The van der Waals surface area contributed by atoms with Gasteiger partial charge in [-0.1, -0.05) is 24.3 Å². The van der Waals surface area contributed by atoms with Gasteiger partial charge in [-0.3, -0.25) is 9.36 Å². The Hall–Kier alpha value is -3.48. The van der Waals surface area contributed by atoms with E-state index >= 15 is 0 Å². The van der Waals surface area contributed by atoms with Crippen molar-refractivity contribution in [2.24, 2.45) is 0 Å². The summed E-state index contributed by atoms with van der Waals surface area (Å²) < 4.78 is 19.7. The molecule has 3 aromatic rings. The maximum absolute atomic E-state index is 13.1. The summed E-state index contributed by atoms with van der Waals surface area (Å²) in [5.74, 6) is -1.48. The van der Waals surface area contributed by atoms with Crippen molar-refractivity contribution in [1.82, 2.24) is 14.9 Å². The zero-order valence-electron chi connectivity index (χ0n) is 15.6. The van der Waals surface area contributed by atoms with Crippen LogP contribution < -0.4 is 5.32 Å². The van der Waals surface area contributed by atoms with Gasteiger partial charge in [0.05, 0.1) is 18.6 Å². The third-order valence-corrected chi connectivity index (χ3v) is 4.32. The van der Waals surface area contributed by atoms with Gasteiger partial charge in [-0.15, -0.1) is 0 Å². The molecule has 0 spiro atoms. The highest BCUT2D eigenvalue weighted by molar-refractivity contribution is 5.90. The number of halogens is 1. The van der Waals surface area contributed by atoms with Crippen LogP contribution in [0.15, 0.2) is 61.1 Å². The number of imidazole rings is 1. The standard InChI is InChI=1S/C21H20FN3O3/c1-14-5-3-4-6-18(14)15(2)24-20(26)12-28-21(27)19-11-23-13-25(19)17-9-7-16(22)8-10-17/h3-11,13,15H,12H2,1-2H3,(H,24,26). The van der Waals surface area contributed by atoms with Crippen molar-refractivity contribution in [3.8, 4) is 5.69 Å². The second-order valence-corrected chi connectivity index (χ2v) is 6.35. The topological polar surface area (TPSA) is 73.2 Å². The summed E-state index contributed by atoms with van der Waals surface area (Å²) in [7, 11) is 0. The van der Waals surface area contributed by atoms with Crippen LogP contribution in [0.5, 0.6) is 0 Å². The smallest absolute Gasteiger partial charge is 0.357 e. The molecule has 0 radical (unpaired) electrons. The van der Waals surface area contributed by atoms with E-state index in [-0.39, 0.29) is 17.6 Å². The molecule has 0 aliphatic heterocycles. The maximum Gasteiger partial charge on any atom is 0.357 e. The van der Waals surface area contributed by atoms with Gasteiger partial charge in [0.15, 0.2) is 12.3 Å². The highest BCUT2D eigenvalue weighted by Crippen LogP contribution is 2.17. The summed E-state index contributed by atoms with van der Waals surface area (Å²) in [5.41, 5.74) is 2.77. The number of carbonyl (C=O) groups is 2. The van der Waals surface area contributed by atoms with Crippen molar-refractivity contribution in [2.45, 2.75) is 19.9 Å². The molecule has 0 fully saturated rings. The minimum Gasteiger partial charge on any atom is -0.451 e. The van der Waals surface area contributed by atoms with Crippen molar-refractivity contribution >= 4 is 11.9 Å². The zero-order valence-corrected chi connectivity index (χ0v) is 15.6. The third-order valence-electron chi connectivity index (χ3n) is 4.32. The van der Waals surface area contributed by atoms with Gasteiger partial charge in [-0.2, -0.15) is 0 Å². The van der Waals surface area contributed by atoms with E-state index in [0.717, 1.165) is 11.1 Å². The predicted octanol–water partition coefficient (Wildman–Crippen LogP) is 3.35. The second kappa shape index (κ2) is 8.47. The lowest BCUT2D eigenvalue weighted by Gasteiger charge is -2.16. The van der Waals surface area contributed by atoms with Gasteiger partial charge in [0.2, 0.25) is 0 Å². The van der Waals surface area contributed by atoms with E-state index in [9.17, 15) is 14.0 Å². The fourth-order valence-corrected chi connectivity index (χ4v) is 2.89. The first kappa shape index (κ1) is 19.3. The number of ether oxygens (including phenoxy) is 1. The second-order valence-electron chi connectivity index (χ2n) is 6.35. The minimum absolute atomic E-state index is 0.145. The van der Waals surface area contributed by atoms with Gasteiger partial charge in [-0.05, 0) is 49.2 Å². The Labute approximate surface area is 162 Å². The first-order valence-corrected chi connectivity index (χ1v) is 8.76. The molecule has 0 aliphatic rings. The van der Waals surface area contributed by atoms with E-state index in [4.69, 9.17) is 4.74 Å². The number of amides is 1. The molecule has 1 N–H and O–H groups in total. The molecule has 1 aromatic heterocycles. The molecule has 1 atom stereocenters. The van der Waals surface area contributed by atoms with Crippen molar-refractivity contribution in [3.05, 3.63) is 83.7 Å². The third kappa shape index (κ3) is 4.43. The van der Waals surface area contributed by atoms with Crippen LogP contribution in [-0.4, -0.2) is 28.0 Å². The molecule has 3 rings (SSSR count). The molecule has 1 unspecified atom stereocenters. The SMILES string of the molecule is Cc1ccccc1C(C)NC(=O)COC(=O)c1cncn1-c1ccc(F)cc1. The number of aromatic nitrogens is 2. The number of rotatable bonds is 6. The zero-order chi connectivity index (χ0) is 20.1. The Bertz CT molecular complexity index is 983. The number of aryl methyl sites for hydroxylation is 1. The van der Waals surface area contributed by atoms with Gasteiger partial charge in [0.1, 0.15) is 5.82 Å². The van der Waals surface area contributed by atoms with Crippen molar-refractivity contribution in [1.29, 1.82) is 0 Å². The molecule has 0 bridgehead atoms. The van der Waals surface area contributed by atoms with E-state index in [0.29, 0.717) is 5.69 Å². The van der Waals surface area contributed by atoms with Gasteiger partial charge in [-0.25, -0.2) is 14.2 Å². The van der Waals surface area contributed by atoms with E-state index in [2.05, 4.69) is 10.3 Å². The monoisotopic (exact) mass is 381 g/mol. The molecule has 0 aliphatic carbocycles. The molecule has 0 saturated carbocycles. The number of carbonyl (C=O) groups excluding carboxylic acids is 2. The highest BCUT2D eigenvalue weighted by atomic mass is 19.1. The number of nitrogens with one attached hydrogen (secondary N) is 1. The Morgan fingerprint density at radius 1 is 1.18 bits per heavy atom. The molecule has 0 saturated heterocycles. The lowest BCUT2D eigenvalue weighted by Crippen LogP contribution is -2.31. The minimum atomic E-state index is -0.694. The summed E-state index contributed by atoms with van der Waals surface area (Å²) >= 11 is 0. The Morgan fingerprint density at radius 3 is 2.61 bits per heavy atom. The normalized spacial score (nSPS) is 11.7. The first-order valence-electron chi connectivity index (χ1n) is 8.76. The van der Waals surface area contributed by atoms with Gasteiger partial charge < -0.3 is 10.1 Å². The molecule has 6 nitrogen and oxygen atoms in total. The number of esters is 1. The van der Waals surface area contributed by atoms with Crippen molar-refractivity contribution < 1.29 is 18.7 Å². The van der Waals surface area contributed by atoms with Gasteiger partial charge in [0, 0.05) is 5.69 Å². The Balaban J connectivity index is 1.60. The average Bonchev–Trinajstić information content (AvgIpc) is 3.17. The summed E-state index contributed by atoms with van der Waals surface area (Å²) in [4.78, 5) is 28.4. The lowest BCUT2D eigenvalue weighted by atomic mass is 10.0. The van der Waals surface area contributed by atoms with E-state index < -0.39 is 18.5 Å². The molecule has 1 heterocycles. The van der Waals surface area contributed by atoms with Crippen molar-refractivity contribution in [2.75, 3.05) is 6.61 Å². The molecule has 28 heavy (non-hydrogen) atoms. The molecule has 1 amide bonds. The summed E-state index contributed by atoms with van der Waals surface area (Å²) in [6.45, 7) is 3.42. The largest absolute Gasteiger partial charge is 0.451 e. The first-order chi connectivity index (χ1) is 13.5. The molecule has 7 heteroatoms. The summed E-state index contributed by atoms with van der Waals surface area (Å²) in [6, 6.07) is 13.1. The van der Waals surface area contributed by atoms with E-state index in [1.54, 1.807) is 0 Å². The fraction of sp³-hybridized carbons (Fsp3) is 0.190. The Morgan fingerprint density at radius 2 is 1.89 bits per heavy atom. The van der Waals surface area contributed by atoms with Crippen molar-refractivity contribution in [3.63, 3.8) is 0 Å². The van der Waals surface area contributed by atoms with Crippen LogP contribution in [0.4, 0.5) is 4.39 Å². The van der Waals surface area contributed by atoms with Gasteiger partial charge >= 0.3 is 5.97 Å². The molecule has 144 valence electrons. The molecular formula is C21H20FN3O3. The average molecular weight is 381 g/mol. The van der Waals surface area contributed by atoms with Crippen LogP contribution in [0.2, 0.25) is 0 Å². The number of nitrogens with zero attached hydrogens (tertiary/aromatic N) is 2. The molecule has 2 aromatic carbocycles. The van der Waals surface area contributed by atoms with Crippen LogP contribution in [0.25, 0.3) is 5.69 Å².